The van der Waals surface area contributed by atoms with Crippen LogP contribution >= 0.6 is 0 Å². The molecule has 2 aliphatic rings. The van der Waals surface area contributed by atoms with Crippen LogP contribution in [0.1, 0.15) is 51.0 Å². The smallest absolute Gasteiger partial charge is 0.162 e. The number of benzene rings is 1. The van der Waals surface area contributed by atoms with Crippen molar-refractivity contribution in [1.82, 2.24) is 4.90 Å². The highest BCUT2D eigenvalue weighted by molar-refractivity contribution is 5.45. The number of hydrogen-bond donors (Lipinski definition) is 1. The van der Waals surface area contributed by atoms with Crippen molar-refractivity contribution in [1.29, 1.82) is 0 Å². The van der Waals surface area contributed by atoms with Crippen LogP contribution in [0.15, 0.2) is 18.2 Å². The van der Waals surface area contributed by atoms with Crippen molar-refractivity contribution < 1.29 is 9.84 Å². The highest BCUT2D eigenvalue weighted by Crippen LogP contribution is 2.38. The Labute approximate surface area is 127 Å². The number of phenols is 1. The number of phenolic OH excluding ortho intramolecular Hbond substituents is 1. The van der Waals surface area contributed by atoms with Crippen LogP contribution in [-0.2, 0) is 6.54 Å². The summed E-state index contributed by atoms with van der Waals surface area (Å²) in [7, 11) is 0. The van der Waals surface area contributed by atoms with Gasteiger partial charge >= 0.3 is 0 Å². The number of ether oxygens (including phenoxy) is 1. The second kappa shape index (κ2) is 6.69. The Kier molecular flexibility index (Phi) is 4.69. The van der Waals surface area contributed by atoms with E-state index < -0.39 is 0 Å². The molecule has 1 aromatic carbocycles. The molecule has 116 valence electrons. The van der Waals surface area contributed by atoms with E-state index in [4.69, 9.17) is 4.74 Å². The molecule has 1 saturated carbocycles. The number of likely N-dealkylation sites (tertiary alicyclic amines) is 1. The van der Waals surface area contributed by atoms with E-state index in [0.29, 0.717) is 18.1 Å². The number of para-hydroxylation sites is 1. The largest absolute Gasteiger partial charge is 0.504 e. The Bertz CT molecular complexity index is 472. The van der Waals surface area contributed by atoms with Crippen LogP contribution in [0.5, 0.6) is 11.5 Å². The van der Waals surface area contributed by atoms with E-state index in [1.54, 1.807) is 0 Å². The standard InChI is InChI=1S/C18H27NO2/c1-2-21-17-11-5-8-15(18(17)20)13-19-12-6-9-14-7-3-4-10-16(14)19/h5,8,11,14,16,20H,2-4,6-7,9-10,12-13H2,1H3. The summed E-state index contributed by atoms with van der Waals surface area (Å²) in [5.41, 5.74) is 1.01. The summed E-state index contributed by atoms with van der Waals surface area (Å²) in [6, 6.07) is 6.59. The minimum atomic E-state index is 0.331. The first-order chi connectivity index (χ1) is 10.3. The number of nitrogens with zero attached hydrogens (tertiary/aromatic N) is 1. The molecule has 0 spiro atoms. The highest BCUT2D eigenvalue weighted by Gasteiger charge is 2.33. The number of fused-ring (bicyclic) bond motifs is 1. The lowest BCUT2D eigenvalue weighted by atomic mass is 9.78. The molecule has 0 bridgehead atoms. The van der Waals surface area contributed by atoms with E-state index in [0.717, 1.165) is 24.1 Å². The Hall–Kier alpha value is -1.22. The van der Waals surface area contributed by atoms with Crippen LogP contribution in [0, 0.1) is 5.92 Å². The zero-order chi connectivity index (χ0) is 14.7. The van der Waals surface area contributed by atoms with Crippen LogP contribution < -0.4 is 4.74 Å². The zero-order valence-electron chi connectivity index (χ0n) is 13.1. The summed E-state index contributed by atoms with van der Waals surface area (Å²) in [5, 5.41) is 10.4. The quantitative estimate of drug-likeness (QED) is 0.911. The molecule has 1 aliphatic carbocycles. The van der Waals surface area contributed by atoms with E-state index in [9.17, 15) is 5.11 Å². The van der Waals surface area contributed by atoms with Crippen molar-refractivity contribution in [2.24, 2.45) is 5.92 Å². The molecule has 2 fully saturated rings. The Morgan fingerprint density at radius 2 is 2.00 bits per heavy atom. The SMILES string of the molecule is CCOc1cccc(CN2CCCC3CCCCC32)c1O. The molecule has 1 saturated heterocycles. The lowest BCUT2D eigenvalue weighted by Gasteiger charge is -2.44. The monoisotopic (exact) mass is 289 g/mol. The van der Waals surface area contributed by atoms with Gasteiger partial charge in [0.15, 0.2) is 11.5 Å². The third-order valence-electron chi connectivity index (χ3n) is 5.11. The number of hydrogen-bond acceptors (Lipinski definition) is 3. The molecule has 1 aromatic rings. The predicted molar refractivity (Wildman–Crippen MR) is 84.7 cm³/mol. The number of piperidine rings is 1. The minimum Gasteiger partial charge on any atom is -0.504 e. The molecule has 0 radical (unpaired) electrons. The van der Waals surface area contributed by atoms with Gasteiger partial charge in [-0.2, -0.15) is 0 Å². The van der Waals surface area contributed by atoms with Crippen LogP contribution in [0.25, 0.3) is 0 Å². The second-order valence-electron chi connectivity index (χ2n) is 6.42. The van der Waals surface area contributed by atoms with Crippen molar-refractivity contribution in [2.45, 2.75) is 58.0 Å². The fourth-order valence-corrected chi connectivity index (χ4v) is 4.11. The van der Waals surface area contributed by atoms with Gasteiger partial charge in [-0.15, -0.1) is 0 Å². The van der Waals surface area contributed by atoms with E-state index in [2.05, 4.69) is 4.90 Å². The summed E-state index contributed by atoms with van der Waals surface area (Å²) in [4.78, 5) is 2.60. The molecule has 0 amide bonds. The highest BCUT2D eigenvalue weighted by atomic mass is 16.5. The molecule has 1 aliphatic heterocycles. The van der Waals surface area contributed by atoms with Crippen molar-refractivity contribution in [3.05, 3.63) is 23.8 Å². The van der Waals surface area contributed by atoms with Gasteiger partial charge in [0, 0.05) is 18.2 Å². The second-order valence-corrected chi connectivity index (χ2v) is 6.42. The maximum Gasteiger partial charge on any atom is 0.162 e. The summed E-state index contributed by atoms with van der Waals surface area (Å²) < 4.78 is 5.50. The lowest BCUT2D eigenvalue weighted by molar-refractivity contribution is 0.0540. The molecule has 3 heteroatoms. The number of rotatable bonds is 4. The molecule has 21 heavy (non-hydrogen) atoms. The Balaban J connectivity index is 1.74. The zero-order valence-corrected chi connectivity index (χ0v) is 13.1. The first-order valence-electron chi connectivity index (χ1n) is 8.47. The summed E-state index contributed by atoms with van der Waals surface area (Å²) in [6.45, 7) is 4.56. The molecular weight excluding hydrogens is 262 g/mol. The van der Waals surface area contributed by atoms with Crippen molar-refractivity contribution in [3.63, 3.8) is 0 Å². The molecule has 1 heterocycles. The van der Waals surface area contributed by atoms with E-state index in [1.807, 2.05) is 25.1 Å². The predicted octanol–water partition coefficient (Wildman–Crippen LogP) is 3.95. The molecule has 1 N–H and O–H groups in total. The van der Waals surface area contributed by atoms with Gasteiger partial charge in [0.1, 0.15) is 0 Å². The Morgan fingerprint density at radius 3 is 2.86 bits per heavy atom. The molecule has 2 atom stereocenters. The average molecular weight is 289 g/mol. The fraction of sp³-hybridized carbons (Fsp3) is 0.667. The van der Waals surface area contributed by atoms with Crippen LogP contribution in [0.3, 0.4) is 0 Å². The molecule has 0 aromatic heterocycles. The van der Waals surface area contributed by atoms with Crippen molar-refractivity contribution >= 4 is 0 Å². The van der Waals surface area contributed by atoms with Crippen molar-refractivity contribution in [3.8, 4) is 11.5 Å². The van der Waals surface area contributed by atoms with Gasteiger partial charge in [0.05, 0.1) is 6.61 Å². The summed E-state index contributed by atoms with van der Waals surface area (Å²) >= 11 is 0. The third kappa shape index (κ3) is 3.18. The maximum atomic E-state index is 10.4. The van der Waals surface area contributed by atoms with E-state index >= 15 is 0 Å². The van der Waals surface area contributed by atoms with E-state index in [1.165, 1.54) is 45.1 Å². The Morgan fingerprint density at radius 1 is 1.19 bits per heavy atom. The third-order valence-corrected chi connectivity index (χ3v) is 5.11. The lowest BCUT2D eigenvalue weighted by Crippen LogP contribution is -2.46. The molecule has 3 nitrogen and oxygen atoms in total. The normalized spacial score (nSPS) is 26.3. The first kappa shape index (κ1) is 14.7. The van der Waals surface area contributed by atoms with E-state index in [-0.39, 0.29) is 0 Å². The van der Waals surface area contributed by atoms with Gasteiger partial charge in [0.2, 0.25) is 0 Å². The molecule has 2 unspecified atom stereocenters. The molecular formula is C18H27NO2. The van der Waals surface area contributed by atoms with Crippen LogP contribution in [0.4, 0.5) is 0 Å². The summed E-state index contributed by atoms with van der Waals surface area (Å²) in [6.07, 6.45) is 8.19. The molecule has 3 rings (SSSR count). The maximum absolute atomic E-state index is 10.4. The van der Waals surface area contributed by atoms with Gasteiger partial charge in [-0.05, 0) is 51.1 Å². The van der Waals surface area contributed by atoms with Crippen LogP contribution in [-0.4, -0.2) is 29.2 Å². The topological polar surface area (TPSA) is 32.7 Å². The summed E-state index contributed by atoms with van der Waals surface area (Å²) in [5.74, 6) is 1.83. The first-order valence-corrected chi connectivity index (χ1v) is 8.47. The van der Waals surface area contributed by atoms with Gasteiger partial charge in [0.25, 0.3) is 0 Å². The van der Waals surface area contributed by atoms with Gasteiger partial charge in [-0.3, -0.25) is 4.90 Å². The van der Waals surface area contributed by atoms with Crippen molar-refractivity contribution in [2.75, 3.05) is 13.2 Å². The fourth-order valence-electron chi connectivity index (χ4n) is 4.11. The van der Waals surface area contributed by atoms with Gasteiger partial charge < -0.3 is 9.84 Å². The number of aromatic hydroxyl groups is 1. The van der Waals surface area contributed by atoms with Gasteiger partial charge in [-0.1, -0.05) is 25.0 Å². The van der Waals surface area contributed by atoms with Crippen LogP contribution in [0.2, 0.25) is 0 Å². The minimum absolute atomic E-state index is 0.331. The average Bonchev–Trinajstić information content (AvgIpc) is 2.52. The van der Waals surface area contributed by atoms with Gasteiger partial charge in [-0.25, -0.2) is 0 Å².